The van der Waals surface area contributed by atoms with E-state index < -0.39 is 0 Å². The number of nitrogens with zero attached hydrogens (tertiary/aromatic N) is 3. The van der Waals surface area contributed by atoms with Crippen LogP contribution in [0.3, 0.4) is 0 Å². The maximum atomic E-state index is 8.86. The molecule has 0 spiro atoms. The van der Waals surface area contributed by atoms with Crippen LogP contribution in [0, 0.1) is 11.3 Å². The summed E-state index contributed by atoms with van der Waals surface area (Å²) in [5.41, 5.74) is 3.90. The first-order chi connectivity index (χ1) is 18.3. The van der Waals surface area contributed by atoms with Gasteiger partial charge in [0.05, 0.1) is 19.3 Å². The zero-order valence-corrected chi connectivity index (χ0v) is 21.9. The summed E-state index contributed by atoms with van der Waals surface area (Å²) in [6.45, 7) is 7.15. The van der Waals surface area contributed by atoms with Crippen molar-refractivity contribution in [1.29, 1.82) is 5.26 Å². The summed E-state index contributed by atoms with van der Waals surface area (Å²) in [5.74, 6) is 1.80. The average Bonchev–Trinajstić information content (AvgIpc) is 2.95. The molecule has 4 rings (SSSR count). The van der Waals surface area contributed by atoms with Gasteiger partial charge in [-0.25, -0.2) is 0 Å². The molecule has 37 heavy (non-hydrogen) atoms. The van der Waals surface area contributed by atoms with E-state index in [9.17, 15) is 0 Å². The standard InChI is InChI=1S/C32H39N3O2/c33-18-9-19-34-20-22-35(23-21-34)27-30-16-17-31(36-24-7-14-28-10-3-1-4-11-28)26-32(30)37-25-8-15-29-12-5-2-6-13-29/h1-6,10-13,16-17,26H,7-9,14-15,19-25,27H2. The van der Waals surface area contributed by atoms with Gasteiger partial charge in [0.15, 0.2) is 0 Å². The van der Waals surface area contributed by atoms with Crippen molar-refractivity contribution in [3.8, 4) is 17.6 Å². The summed E-state index contributed by atoms with van der Waals surface area (Å²) in [5, 5.41) is 8.86. The van der Waals surface area contributed by atoms with Gasteiger partial charge in [-0.05, 0) is 42.9 Å². The van der Waals surface area contributed by atoms with Gasteiger partial charge >= 0.3 is 0 Å². The molecule has 0 bridgehead atoms. The highest BCUT2D eigenvalue weighted by molar-refractivity contribution is 5.41. The van der Waals surface area contributed by atoms with Crippen molar-refractivity contribution < 1.29 is 9.47 Å². The van der Waals surface area contributed by atoms with Crippen LogP contribution in [0.4, 0.5) is 0 Å². The molecule has 3 aromatic rings. The Morgan fingerprint density at radius 2 is 1.30 bits per heavy atom. The summed E-state index contributed by atoms with van der Waals surface area (Å²) in [7, 11) is 0. The Kier molecular flexibility index (Phi) is 10.9. The number of hydrogen-bond acceptors (Lipinski definition) is 5. The number of rotatable bonds is 14. The second-order valence-electron chi connectivity index (χ2n) is 9.67. The van der Waals surface area contributed by atoms with Crippen molar-refractivity contribution in [2.24, 2.45) is 0 Å². The van der Waals surface area contributed by atoms with E-state index in [1.54, 1.807) is 0 Å². The van der Waals surface area contributed by atoms with Gasteiger partial charge in [0.25, 0.3) is 0 Å². The van der Waals surface area contributed by atoms with Crippen molar-refractivity contribution in [3.05, 3.63) is 95.6 Å². The van der Waals surface area contributed by atoms with Crippen LogP contribution in [-0.4, -0.2) is 55.7 Å². The van der Waals surface area contributed by atoms with E-state index in [4.69, 9.17) is 14.7 Å². The van der Waals surface area contributed by atoms with Crippen LogP contribution in [0.25, 0.3) is 0 Å². The number of benzene rings is 3. The normalized spacial score (nSPS) is 14.2. The highest BCUT2D eigenvalue weighted by Crippen LogP contribution is 2.27. The maximum Gasteiger partial charge on any atom is 0.127 e. The summed E-state index contributed by atoms with van der Waals surface area (Å²) >= 11 is 0. The lowest BCUT2D eigenvalue weighted by Gasteiger charge is -2.34. The molecule has 0 saturated carbocycles. The Labute approximate surface area is 222 Å². The van der Waals surface area contributed by atoms with Gasteiger partial charge in [0.2, 0.25) is 0 Å². The third kappa shape index (κ3) is 9.24. The number of ether oxygens (including phenoxy) is 2. The monoisotopic (exact) mass is 497 g/mol. The van der Waals surface area contributed by atoms with Crippen LogP contribution in [0.5, 0.6) is 11.5 Å². The highest BCUT2D eigenvalue weighted by Gasteiger charge is 2.18. The van der Waals surface area contributed by atoms with Crippen LogP contribution in [0.1, 0.15) is 36.0 Å². The van der Waals surface area contributed by atoms with Crippen molar-refractivity contribution in [3.63, 3.8) is 0 Å². The summed E-state index contributed by atoms with van der Waals surface area (Å²) in [6, 6.07) is 29.7. The Bertz CT molecular complexity index is 1090. The van der Waals surface area contributed by atoms with Crippen LogP contribution >= 0.6 is 0 Å². The molecule has 3 aromatic carbocycles. The molecule has 0 unspecified atom stereocenters. The van der Waals surface area contributed by atoms with E-state index in [0.717, 1.165) is 76.5 Å². The van der Waals surface area contributed by atoms with Gasteiger partial charge in [-0.2, -0.15) is 5.26 Å². The molecule has 0 aromatic heterocycles. The van der Waals surface area contributed by atoms with Crippen LogP contribution in [0.15, 0.2) is 78.9 Å². The molecular weight excluding hydrogens is 458 g/mol. The van der Waals surface area contributed by atoms with E-state index in [2.05, 4.69) is 94.7 Å². The number of nitriles is 1. The van der Waals surface area contributed by atoms with Gasteiger partial charge in [-0.3, -0.25) is 9.80 Å². The number of hydrogen-bond donors (Lipinski definition) is 0. The molecule has 194 valence electrons. The minimum Gasteiger partial charge on any atom is -0.493 e. The SMILES string of the molecule is N#CCCN1CCN(Cc2ccc(OCCCc3ccccc3)cc2OCCCc2ccccc2)CC1. The first-order valence-electron chi connectivity index (χ1n) is 13.6. The third-order valence-electron chi connectivity index (χ3n) is 6.87. The van der Waals surface area contributed by atoms with E-state index in [-0.39, 0.29) is 0 Å². The lowest BCUT2D eigenvalue weighted by molar-refractivity contribution is 0.128. The predicted octanol–water partition coefficient (Wildman–Crippen LogP) is 5.74. The van der Waals surface area contributed by atoms with E-state index in [1.165, 1.54) is 16.7 Å². The second-order valence-corrected chi connectivity index (χ2v) is 9.67. The fraction of sp³-hybridized carbons (Fsp3) is 0.406. The fourth-order valence-electron chi connectivity index (χ4n) is 4.72. The zero-order chi connectivity index (χ0) is 25.5. The van der Waals surface area contributed by atoms with Gasteiger partial charge in [0.1, 0.15) is 11.5 Å². The largest absolute Gasteiger partial charge is 0.493 e. The molecule has 1 saturated heterocycles. The molecule has 0 N–H and O–H groups in total. The number of piperazine rings is 1. The first kappa shape index (κ1) is 26.7. The lowest BCUT2D eigenvalue weighted by Crippen LogP contribution is -2.46. The van der Waals surface area contributed by atoms with E-state index in [0.29, 0.717) is 19.6 Å². The smallest absolute Gasteiger partial charge is 0.127 e. The first-order valence-corrected chi connectivity index (χ1v) is 13.6. The summed E-state index contributed by atoms with van der Waals surface area (Å²) in [4.78, 5) is 4.86. The average molecular weight is 498 g/mol. The van der Waals surface area contributed by atoms with Gasteiger partial charge < -0.3 is 9.47 Å². The fourth-order valence-corrected chi connectivity index (χ4v) is 4.72. The van der Waals surface area contributed by atoms with Gasteiger partial charge in [-0.15, -0.1) is 0 Å². The van der Waals surface area contributed by atoms with Crippen molar-refractivity contribution in [2.75, 3.05) is 45.9 Å². The van der Waals surface area contributed by atoms with Crippen molar-refractivity contribution in [2.45, 2.75) is 38.6 Å². The molecule has 0 atom stereocenters. The molecule has 5 nitrogen and oxygen atoms in total. The molecule has 1 aliphatic heterocycles. The topological polar surface area (TPSA) is 48.7 Å². The molecule has 5 heteroatoms. The summed E-state index contributed by atoms with van der Waals surface area (Å²) < 4.78 is 12.5. The van der Waals surface area contributed by atoms with Crippen LogP contribution in [-0.2, 0) is 19.4 Å². The zero-order valence-electron chi connectivity index (χ0n) is 21.9. The van der Waals surface area contributed by atoms with Crippen LogP contribution in [0.2, 0.25) is 0 Å². The molecule has 1 aliphatic rings. The van der Waals surface area contributed by atoms with Gasteiger partial charge in [0, 0.05) is 57.3 Å². The summed E-state index contributed by atoms with van der Waals surface area (Å²) in [6.07, 6.45) is 4.59. The highest BCUT2D eigenvalue weighted by atomic mass is 16.5. The Morgan fingerprint density at radius 1 is 0.703 bits per heavy atom. The quantitative estimate of drug-likeness (QED) is 0.266. The van der Waals surface area contributed by atoms with Crippen molar-refractivity contribution in [1.82, 2.24) is 9.80 Å². The molecule has 0 aliphatic carbocycles. The molecule has 0 amide bonds. The molecule has 1 heterocycles. The van der Waals surface area contributed by atoms with Crippen LogP contribution < -0.4 is 9.47 Å². The minimum atomic E-state index is 0.605. The molecule has 0 radical (unpaired) electrons. The van der Waals surface area contributed by atoms with Gasteiger partial charge in [-0.1, -0.05) is 66.7 Å². The Hall–Kier alpha value is -3.33. The number of aryl methyl sites for hydroxylation is 2. The van der Waals surface area contributed by atoms with E-state index >= 15 is 0 Å². The molecule has 1 fully saturated rings. The molecular formula is C32H39N3O2. The third-order valence-corrected chi connectivity index (χ3v) is 6.87. The van der Waals surface area contributed by atoms with Crippen molar-refractivity contribution >= 4 is 0 Å². The maximum absolute atomic E-state index is 8.86. The Morgan fingerprint density at radius 3 is 1.92 bits per heavy atom. The lowest BCUT2D eigenvalue weighted by atomic mass is 10.1. The van der Waals surface area contributed by atoms with E-state index in [1.807, 2.05) is 0 Å². The predicted molar refractivity (Wildman–Crippen MR) is 149 cm³/mol. The second kappa shape index (κ2) is 15.0. The Balaban J connectivity index is 1.31. The minimum absolute atomic E-state index is 0.605.